The van der Waals surface area contributed by atoms with E-state index < -0.39 is 16.1 Å². The highest BCUT2D eigenvalue weighted by atomic mass is 32.2. The summed E-state index contributed by atoms with van der Waals surface area (Å²) in [4.78, 5) is 21.2. The maximum absolute atomic E-state index is 11.0. The molecule has 1 unspecified atom stereocenters. The van der Waals surface area contributed by atoms with Crippen molar-refractivity contribution >= 4 is 23.4 Å². The number of rotatable bonds is 7. The van der Waals surface area contributed by atoms with Crippen LogP contribution < -0.4 is 0 Å². The average Bonchev–Trinajstić information content (AvgIpc) is 2.90. The molecule has 0 spiro atoms. The van der Waals surface area contributed by atoms with E-state index in [-0.39, 0.29) is 5.69 Å². The van der Waals surface area contributed by atoms with Crippen molar-refractivity contribution in [1.82, 2.24) is 14.8 Å². The van der Waals surface area contributed by atoms with Gasteiger partial charge in [0.15, 0.2) is 11.0 Å². The van der Waals surface area contributed by atoms with Crippen molar-refractivity contribution in [1.29, 1.82) is 0 Å². The molecular formula is C14H14N4O4S. The summed E-state index contributed by atoms with van der Waals surface area (Å²) in [6, 6.07) is 5.93. The van der Waals surface area contributed by atoms with E-state index in [9.17, 15) is 14.9 Å². The Bertz CT molecular complexity index is 742. The molecule has 2 rings (SSSR count). The first kappa shape index (κ1) is 16.7. The third-order valence-electron chi connectivity index (χ3n) is 2.99. The highest BCUT2D eigenvalue weighted by Crippen LogP contribution is 2.27. The Balaban J connectivity index is 2.38. The van der Waals surface area contributed by atoms with Crippen LogP contribution in [0.4, 0.5) is 5.69 Å². The molecule has 120 valence electrons. The Hall–Kier alpha value is -2.68. The van der Waals surface area contributed by atoms with E-state index in [0.717, 1.165) is 11.8 Å². The van der Waals surface area contributed by atoms with Crippen LogP contribution in [-0.2, 0) is 11.3 Å². The molecule has 1 heterocycles. The van der Waals surface area contributed by atoms with Gasteiger partial charge in [0.05, 0.1) is 4.92 Å². The molecule has 2 aromatic rings. The van der Waals surface area contributed by atoms with E-state index in [1.165, 1.54) is 12.1 Å². The second-order valence-electron chi connectivity index (χ2n) is 4.61. The van der Waals surface area contributed by atoms with Gasteiger partial charge in [-0.2, -0.15) is 0 Å². The molecule has 0 aliphatic carbocycles. The number of carboxylic acids is 1. The first-order valence-electron chi connectivity index (χ1n) is 6.62. The summed E-state index contributed by atoms with van der Waals surface area (Å²) in [5.41, 5.74) is 0.636. The lowest BCUT2D eigenvalue weighted by atomic mass is 10.2. The van der Waals surface area contributed by atoms with Crippen LogP contribution in [0.1, 0.15) is 6.92 Å². The van der Waals surface area contributed by atoms with Crippen LogP contribution in [0.25, 0.3) is 11.4 Å². The molecular weight excluding hydrogens is 320 g/mol. The Kier molecular flexibility index (Phi) is 5.12. The van der Waals surface area contributed by atoms with Crippen molar-refractivity contribution < 1.29 is 14.8 Å². The average molecular weight is 334 g/mol. The fourth-order valence-corrected chi connectivity index (χ4v) is 2.62. The van der Waals surface area contributed by atoms with Gasteiger partial charge >= 0.3 is 5.97 Å². The molecule has 0 saturated heterocycles. The number of thioether (sulfide) groups is 1. The smallest absolute Gasteiger partial charge is 0.316 e. The number of allylic oxidation sites excluding steroid dienone is 1. The number of nitro groups is 1. The van der Waals surface area contributed by atoms with Crippen molar-refractivity contribution in [3.05, 3.63) is 47.0 Å². The van der Waals surface area contributed by atoms with Gasteiger partial charge < -0.3 is 5.11 Å². The maximum Gasteiger partial charge on any atom is 0.316 e. The molecule has 0 radical (unpaired) electrons. The first-order valence-corrected chi connectivity index (χ1v) is 7.50. The molecule has 0 bridgehead atoms. The van der Waals surface area contributed by atoms with Gasteiger partial charge in [0.25, 0.3) is 5.69 Å². The summed E-state index contributed by atoms with van der Waals surface area (Å²) in [7, 11) is 0. The van der Waals surface area contributed by atoms with Gasteiger partial charge in [-0.1, -0.05) is 17.8 Å². The van der Waals surface area contributed by atoms with Crippen LogP contribution in [0.2, 0.25) is 0 Å². The summed E-state index contributed by atoms with van der Waals surface area (Å²) in [5.74, 6) is -0.445. The minimum absolute atomic E-state index is 0.0161. The molecule has 0 amide bonds. The van der Waals surface area contributed by atoms with E-state index in [1.54, 1.807) is 29.7 Å². The van der Waals surface area contributed by atoms with Gasteiger partial charge in [0.2, 0.25) is 0 Å². The topological polar surface area (TPSA) is 111 Å². The van der Waals surface area contributed by atoms with Crippen molar-refractivity contribution in [2.45, 2.75) is 23.9 Å². The van der Waals surface area contributed by atoms with Gasteiger partial charge in [-0.05, 0) is 19.1 Å². The number of non-ortho nitro benzene ring substituents is 1. The molecule has 0 fully saturated rings. The molecule has 0 aliphatic rings. The predicted molar refractivity (Wildman–Crippen MR) is 85.3 cm³/mol. The van der Waals surface area contributed by atoms with Crippen molar-refractivity contribution in [3.8, 4) is 11.4 Å². The normalized spacial score (nSPS) is 11.9. The number of aliphatic carboxylic acids is 1. The third-order valence-corrected chi connectivity index (χ3v) is 4.06. The minimum atomic E-state index is -0.944. The quantitative estimate of drug-likeness (QED) is 0.358. The molecule has 0 aliphatic heterocycles. The van der Waals surface area contributed by atoms with Crippen molar-refractivity contribution in [3.63, 3.8) is 0 Å². The number of carboxylic acid groups (broad SMARTS) is 1. The van der Waals surface area contributed by atoms with Crippen molar-refractivity contribution in [2.24, 2.45) is 0 Å². The molecule has 1 aromatic heterocycles. The Labute approximate surface area is 136 Å². The van der Waals surface area contributed by atoms with Crippen LogP contribution in [0, 0.1) is 10.1 Å². The number of nitro benzene ring substituents is 1. The molecule has 0 saturated carbocycles. The largest absolute Gasteiger partial charge is 0.480 e. The molecule has 8 nitrogen and oxygen atoms in total. The van der Waals surface area contributed by atoms with Gasteiger partial charge in [-0.25, -0.2) is 0 Å². The van der Waals surface area contributed by atoms with E-state index in [1.807, 2.05) is 0 Å². The Morgan fingerprint density at radius 1 is 1.48 bits per heavy atom. The standard InChI is InChI=1S/C14H14N4O4S/c1-3-8-17-12(10-4-6-11(7-5-10)18(21)22)15-16-14(17)23-9(2)13(19)20/h3-7,9H,1,8H2,2H3,(H,19,20). The first-order chi connectivity index (χ1) is 10.9. The zero-order chi connectivity index (χ0) is 17.0. The van der Waals surface area contributed by atoms with Crippen LogP contribution in [0.15, 0.2) is 42.1 Å². The Morgan fingerprint density at radius 3 is 2.65 bits per heavy atom. The van der Waals surface area contributed by atoms with E-state index in [2.05, 4.69) is 16.8 Å². The molecule has 1 atom stereocenters. The second-order valence-corrected chi connectivity index (χ2v) is 5.92. The maximum atomic E-state index is 11.0. The monoisotopic (exact) mass is 334 g/mol. The second kappa shape index (κ2) is 7.05. The number of benzene rings is 1. The van der Waals surface area contributed by atoms with Gasteiger partial charge in [0, 0.05) is 24.2 Å². The van der Waals surface area contributed by atoms with Crippen LogP contribution in [0.3, 0.4) is 0 Å². The van der Waals surface area contributed by atoms with Gasteiger partial charge in [-0.15, -0.1) is 16.8 Å². The van der Waals surface area contributed by atoms with Crippen molar-refractivity contribution in [2.75, 3.05) is 0 Å². The summed E-state index contributed by atoms with van der Waals surface area (Å²) in [5, 5.41) is 27.6. The number of nitrogens with zero attached hydrogens (tertiary/aromatic N) is 4. The number of hydrogen-bond donors (Lipinski definition) is 1. The highest BCUT2D eigenvalue weighted by Gasteiger charge is 2.20. The molecule has 1 N–H and O–H groups in total. The van der Waals surface area contributed by atoms with Gasteiger partial charge in [-0.3, -0.25) is 19.5 Å². The fourth-order valence-electron chi connectivity index (χ4n) is 1.82. The number of carbonyl (C=O) groups is 1. The summed E-state index contributed by atoms with van der Waals surface area (Å²) in [6.07, 6.45) is 1.65. The fraction of sp³-hybridized carbons (Fsp3) is 0.214. The lowest BCUT2D eigenvalue weighted by molar-refractivity contribution is -0.384. The van der Waals surface area contributed by atoms with Gasteiger partial charge in [0.1, 0.15) is 5.25 Å². The number of hydrogen-bond acceptors (Lipinski definition) is 6. The van der Waals surface area contributed by atoms with Crippen LogP contribution in [0.5, 0.6) is 0 Å². The molecule has 9 heteroatoms. The molecule has 23 heavy (non-hydrogen) atoms. The Morgan fingerprint density at radius 2 is 2.13 bits per heavy atom. The minimum Gasteiger partial charge on any atom is -0.480 e. The zero-order valence-electron chi connectivity index (χ0n) is 12.2. The van der Waals surface area contributed by atoms with E-state index >= 15 is 0 Å². The predicted octanol–water partition coefficient (Wildman–Crippen LogP) is 2.60. The lowest BCUT2D eigenvalue weighted by Gasteiger charge is -2.09. The SMILES string of the molecule is C=CCn1c(SC(C)C(=O)O)nnc1-c1ccc([N+](=O)[O-])cc1. The summed E-state index contributed by atoms with van der Waals surface area (Å²) < 4.78 is 1.72. The highest BCUT2D eigenvalue weighted by molar-refractivity contribution is 8.00. The summed E-state index contributed by atoms with van der Waals surface area (Å²) in [6.45, 7) is 5.63. The van der Waals surface area contributed by atoms with Crippen LogP contribution >= 0.6 is 11.8 Å². The number of aromatic nitrogens is 3. The lowest BCUT2D eigenvalue weighted by Crippen LogP contribution is -2.13. The zero-order valence-corrected chi connectivity index (χ0v) is 13.1. The molecule has 1 aromatic carbocycles. The third kappa shape index (κ3) is 3.75. The van der Waals surface area contributed by atoms with E-state index in [4.69, 9.17) is 5.11 Å². The summed E-state index contributed by atoms with van der Waals surface area (Å²) >= 11 is 1.08. The van der Waals surface area contributed by atoms with Crippen LogP contribution in [-0.4, -0.2) is 36.0 Å². The van der Waals surface area contributed by atoms with E-state index in [0.29, 0.717) is 23.1 Å².